The predicted octanol–water partition coefficient (Wildman–Crippen LogP) is 1.68. The summed E-state index contributed by atoms with van der Waals surface area (Å²) >= 11 is 0. The molecule has 1 aliphatic carbocycles. The monoisotopic (exact) mass is 157 g/mol. The lowest BCUT2D eigenvalue weighted by Gasteiger charge is -2.24. The SMILES string of the molecule is CO[C@H]1CCCCCC[C@@H]1N. The molecule has 11 heavy (non-hydrogen) atoms. The molecule has 0 bridgehead atoms. The van der Waals surface area contributed by atoms with Crippen molar-refractivity contribution in [3.8, 4) is 0 Å². The van der Waals surface area contributed by atoms with Crippen molar-refractivity contribution < 1.29 is 4.74 Å². The highest BCUT2D eigenvalue weighted by atomic mass is 16.5. The third-order valence-corrected chi connectivity index (χ3v) is 2.56. The molecule has 2 nitrogen and oxygen atoms in total. The van der Waals surface area contributed by atoms with Crippen LogP contribution in [0.1, 0.15) is 38.5 Å². The summed E-state index contributed by atoms with van der Waals surface area (Å²) in [5.41, 5.74) is 5.93. The van der Waals surface area contributed by atoms with Crippen molar-refractivity contribution in [2.75, 3.05) is 7.11 Å². The Morgan fingerprint density at radius 1 is 1.09 bits per heavy atom. The van der Waals surface area contributed by atoms with E-state index in [0.717, 1.165) is 12.8 Å². The van der Waals surface area contributed by atoms with Crippen molar-refractivity contribution >= 4 is 0 Å². The van der Waals surface area contributed by atoms with Crippen LogP contribution in [0.25, 0.3) is 0 Å². The molecule has 1 rings (SSSR count). The molecule has 0 radical (unpaired) electrons. The highest BCUT2D eigenvalue weighted by molar-refractivity contribution is 4.75. The molecule has 0 spiro atoms. The molecule has 66 valence electrons. The van der Waals surface area contributed by atoms with Crippen LogP contribution in [-0.2, 0) is 4.74 Å². The van der Waals surface area contributed by atoms with Gasteiger partial charge in [0.2, 0.25) is 0 Å². The van der Waals surface area contributed by atoms with Crippen molar-refractivity contribution in [1.82, 2.24) is 0 Å². The molecular formula is C9H19NO. The molecule has 1 saturated carbocycles. The fourth-order valence-corrected chi connectivity index (χ4v) is 1.77. The van der Waals surface area contributed by atoms with E-state index >= 15 is 0 Å². The highest BCUT2D eigenvalue weighted by Crippen LogP contribution is 2.18. The van der Waals surface area contributed by atoms with Crippen LogP contribution in [0.3, 0.4) is 0 Å². The summed E-state index contributed by atoms with van der Waals surface area (Å²) in [6.07, 6.45) is 7.87. The molecule has 1 fully saturated rings. The van der Waals surface area contributed by atoms with Gasteiger partial charge < -0.3 is 10.5 Å². The maximum absolute atomic E-state index is 5.93. The lowest BCUT2D eigenvalue weighted by molar-refractivity contribution is 0.0640. The van der Waals surface area contributed by atoms with Gasteiger partial charge in [-0.25, -0.2) is 0 Å². The van der Waals surface area contributed by atoms with E-state index in [0.29, 0.717) is 6.10 Å². The number of ether oxygens (including phenoxy) is 1. The van der Waals surface area contributed by atoms with Crippen molar-refractivity contribution in [2.45, 2.75) is 50.7 Å². The van der Waals surface area contributed by atoms with Gasteiger partial charge in [-0.2, -0.15) is 0 Å². The van der Waals surface area contributed by atoms with Crippen LogP contribution in [0.4, 0.5) is 0 Å². The number of methoxy groups -OCH3 is 1. The van der Waals surface area contributed by atoms with Gasteiger partial charge in [-0.15, -0.1) is 0 Å². The molecule has 0 saturated heterocycles. The zero-order valence-electron chi connectivity index (χ0n) is 7.38. The Kier molecular flexibility index (Phi) is 3.87. The minimum absolute atomic E-state index is 0.278. The van der Waals surface area contributed by atoms with Crippen LogP contribution >= 0.6 is 0 Å². The number of hydrogen-bond donors (Lipinski definition) is 1. The van der Waals surface area contributed by atoms with E-state index in [4.69, 9.17) is 10.5 Å². The van der Waals surface area contributed by atoms with Gasteiger partial charge in [-0.1, -0.05) is 25.7 Å². The van der Waals surface area contributed by atoms with Gasteiger partial charge in [-0.3, -0.25) is 0 Å². The molecule has 0 aromatic rings. The smallest absolute Gasteiger partial charge is 0.0722 e. The van der Waals surface area contributed by atoms with Gasteiger partial charge in [0.25, 0.3) is 0 Å². The largest absolute Gasteiger partial charge is 0.380 e. The highest BCUT2D eigenvalue weighted by Gasteiger charge is 2.17. The zero-order valence-corrected chi connectivity index (χ0v) is 7.38. The molecule has 2 N–H and O–H groups in total. The van der Waals surface area contributed by atoms with Crippen molar-refractivity contribution in [2.24, 2.45) is 5.73 Å². The molecule has 0 heterocycles. The summed E-state index contributed by atoms with van der Waals surface area (Å²) in [6, 6.07) is 0.278. The van der Waals surface area contributed by atoms with E-state index in [-0.39, 0.29) is 6.04 Å². The van der Waals surface area contributed by atoms with Gasteiger partial charge in [-0.05, 0) is 12.8 Å². The third kappa shape index (κ3) is 2.80. The molecule has 2 heteroatoms. The Labute approximate surface area is 69.1 Å². The summed E-state index contributed by atoms with van der Waals surface area (Å²) in [4.78, 5) is 0. The molecule has 0 amide bonds. The minimum atomic E-state index is 0.278. The molecular weight excluding hydrogens is 138 g/mol. The Bertz CT molecular complexity index is 106. The third-order valence-electron chi connectivity index (χ3n) is 2.56. The normalized spacial score (nSPS) is 34.4. The first-order valence-corrected chi connectivity index (χ1v) is 4.63. The maximum Gasteiger partial charge on any atom is 0.0722 e. The Hall–Kier alpha value is -0.0800. The lowest BCUT2D eigenvalue weighted by Crippen LogP contribution is -2.36. The van der Waals surface area contributed by atoms with E-state index < -0.39 is 0 Å². The van der Waals surface area contributed by atoms with Crippen LogP contribution in [0, 0.1) is 0 Å². The van der Waals surface area contributed by atoms with Crippen LogP contribution in [0.15, 0.2) is 0 Å². The molecule has 2 atom stereocenters. The van der Waals surface area contributed by atoms with Gasteiger partial charge in [0.1, 0.15) is 0 Å². The molecule has 0 aromatic heterocycles. The summed E-state index contributed by atoms with van der Waals surface area (Å²) in [7, 11) is 1.77. The van der Waals surface area contributed by atoms with Gasteiger partial charge in [0, 0.05) is 13.2 Å². The van der Waals surface area contributed by atoms with Crippen molar-refractivity contribution in [3.05, 3.63) is 0 Å². The average Bonchev–Trinajstić information content (AvgIpc) is 1.98. The molecule has 0 unspecified atom stereocenters. The maximum atomic E-state index is 5.93. The van der Waals surface area contributed by atoms with Gasteiger partial charge in [0.15, 0.2) is 0 Å². The molecule has 0 aromatic carbocycles. The van der Waals surface area contributed by atoms with Crippen molar-refractivity contribution in [1.29, 1.82) is 0 Å². The van der Waals surface area contributed by atoms with E-state index in [1.807, 2.05) is 0 Å². The summed E-state index contributed by atoms with van der Waals surface area (Å²) in [6.45, 7) is 0. The first-order valence-electron chi connectivity index (χ1n) is 4.63. The lowest BCUT2D eigenvalue weighted by atomic mass is 9.95. The summed E-state index contributed by atoms with van der Waals surface area (Å²) in [5.74, 6) is 0. The first kappa shape index (κ1) is 9.01. The van der Waals surface area contributed by atoms with E-state index in [9.17, 15) is 0 Å². The van der Waals surface area contributed by atoms with Crippen LogP contribution in [-0.4, -0.2) is 19.3 Å². The number of rotatable bonds is 1. The van der Waals surface area contributed by atoms with Crippen LogP contribution < -0.4 is 5.73 Å². The molecule has 1 aliphatic rings. The zero-order chi connectivity index (χ0) is 8.10. The second kappa shape index (κ2) is 4.73. The quantitative estimate of drug-likeness (QED) is 0.628. The Balaban J connectivity index is 2.33. The fourth-order valence-electron chi connectivity index (χ4n) is 1.77. The average molecular weight is 157 g/mol. The Morgan fingerprint density at radius 3 is 2.36 bits per heavy atom. The Morgan fingerprint density at radius 2 is 1.73 bits per heavy atom. The minimum Gasteiger partial charge on any atom is -0.380 e. The standard InChI is InChI=1S/C9H19NO/c1-11-9-7-5-3-2-4-6-8(9)10/h8-9H,2-7,10H2,1H3/t8-,9-/m0/s1. The topological polar surface area (TPSA) is 35.2 Å². The van der Waals surface area contributed by atoms with Gasteiger partial charge in [0.05, 0.1) is 6.10 Å². The van der Waals surface area contributed by atoms with Crippen LogP contribution in [0.5, 0.6) is 0 Å². The number of nitrogens with two attached hydrogens (primary N) is 1. The van der Waals surface area contributed by atoms with E-state index in [2.05, 4.69) is 0 Å². The fraction of sp³-hybridized carbons (Fsp3) is 1.00. The summed E-state index contributed by atoms with van der Waals surface area (Å²) in [5, 5.41) is 0. The van der Waals surface area contributed by atoms with E-state index in [1.165, 1.54) is 25.7 Å². The second-order valence-corrected chi connectivity index (χ2v) is 3.43. The summed E-state index contributed by atoms with van der Waals surface area (Å²) < 4.78 is 5.31. The van der Waals surface area contributed by atoms with Gasteiger partial charge >= 0.3 is 0 Å². The van der Waals surface area contributed by atoms with Crippen molar-refractivity contribution in [3.63, 3.8) is 0 Å². The number of hydrogen-bond acceptors (Lipinski definition) is 2. The van der Waals surface area contributed by atoms with Crippen LogP contribution in [0.2, 0.25) is 0 Å². The predicted molar refractivity (Wildman–Crippen MR) is 46.5 cm³/mol. The first-order chi connectivity index (χ1) is 5.34. The second-order valence-electron chi connectivity index (χ2n) is 3.43. The molecule has 0 aliphatic heterocycles. The van der Waals surface area contributed by atoms with E-state index in [1.54, 1.807) is 7.11 Å².